The van der Waals surface area contributed by atoms with Crippen LogP contribution in [0.1, 0.15) is 5.56 Å². The first kappa shape index (κ1) is 21.4. The number of nitrogens with one attached hydrogen (secondary N) is 1. The number of ether oxygens (including phenoxy) is 1. The number of amides is 1. The summed E-state index contributed by atoms with van der Waals surface area (Å²) in [6.07, 6.45) is 0. The molecular weight excluding hydrogens is 400 g/mol. The molecule has 0 heterocycles. The van der Waals surface area contributed by atoms with E-state index in [2.05, 4.69) is 5.32 Å². The van der Waals surface area contributed by atoms with Gasteiger partial charge >= 0.3 is 0 Å². The summed E-state index contributed by atoms with van der Waals surface area (Å²) in [4.78, 5) is 12.7. The Morgan fingerprint density at radius 3 is 2.27 bits per heavy atom. The molecule has 1 N–H and O–H groups in total. The van der Waals surface area contributed by atoms with E-state index in [1.54, 1.807) is 36.4 Å². The van der Waals surface area contributed by atoms with Crippen molar-refractivity contribution >= 4 is 21.6 Å². The highest BCUT2D eigenvalue weighted by Crippen LogP contribution is 2.24. The molecule has 0 aliphatic heterocycles. The lowest BCUT2D eigenvalue weighted by molar-refractivity contribution is -0.119. The number of carbonyl (C=O) groups is 1. The maximum absolute atomic E-state index is 13.2. The number of para-hydroxylation sites is 1. The Hall–Kier alpha value is -3.32. The minimum Gasteiger partial charge on any atom is -0.492 e. The van der Waals surface area contributed by atoms with Crippen molar-refractivity contribution < 1.29 is 17.9 Å². The zero-order chi connectivity index (χ0) is 21.4. The molecule has 0 saturated heterocycles. The fourth-order valence-electron chi connectivity index (χ4n) is 2.88. The Labute approximate surface area is 177 Å². The summed E-state index contributed by atoms with van der Waals surface area (Å²) in [5.41, 5.74) is 1.34. The van der Waals surface area contributed by atoms with Crippen molar-refractivity contribution in [3.63, 3.8) is 0 Å². The van der Waals surface area contributed by atoms with Gasteiger partial charge in [-0.15, -0.1) is 0 Å². The summed E-state index contributed by atoms with van der Waals surface area (Å²) in [6.45, 7) is 2.09. The molecule has 0 bridgehead atoms. The van der Waals surface area contributed by atoms with Crippen LogP contribution in [0.3, 0.4) is 0 Å². The van der Waals surface area contributed by atoms with Gasteiger partial charge in [-0.2, -0.15) is 0 Å². The van der Waals surface area contributed by atoms with Crippen LogP contribution in [0.5, 0.6) is 5.75 Å². The molecule has 156 valence electrons. The summed E-state index contributed by atoms with van der Waals surface area (Å²) in [6, 6.07) is 24.4. The van der Waals surface area contributed by atoms with Gasteiger partial charge in [0.25, 0.3) is 10.0 Å². The van der Waals surface area contributed by atoms with Gasteiger partial charge in [-0.1, -0.05) is 48.5 Å². The zero-order valence-electron chi connectivity index (χ0n) is 16.7. The Morgan fingerprint density at radius 2 is 1.60 bits per heavy atom. The first-order chi connectivity index (χ1) is 14.5. The largest absolute Gasteiger partial charge is 0.492 e. The molecular formula is C23H24N2O4S. The van der Waals surface area contributed by atoms with E-state index in [9.17, 15) is 13.2 Å². The maximum atomic E-state index is 13.2. The van der Waals surface area contributed by atoms with Gasteiger partial charge < -0.3 is 10.1 Å². The molecule has 7 heteroatoms. The van der Waals surface area contributed by atoms with Crippen molar-refractivity contribution in [1.29, 1.82) is 0 Å². The van der Waals surface area contributed by atoms with Crippen LogP contribution < -0.4 is 14.4 Å². The summed E-state index contributed by atoms with van der Waals surface area (Å²) in [7, 11) is -3.90. The van der Waals surface area contributed by atoms with Crippen molar-refractivity contribution in [3.8, 4) is 5.75 Å². The highest BCUT2D eigenvalue weighted by atomic mass is 32.2. The van der Waals surface area contributed by atoms with Crippen molar-refractivity contribution in [2.75, 3.05) is 24.0 Å². The van der Waals surface area contributed by atoms with Gasteiger partial charge in [0.15, 0.2) is 0 Å². The quantitative estimate of drug-likeness (QED) is 0.534. The molecule has 0 saturated carbocycles. The molecule has 3 aromatic carbocycles. The Morgan fingerprint density at radius 1 is 0.933 bits per heavy atom. The Balaban J connectivity index is 1.70. The van der Waals surface area contributed by atoms with Gasteiger partial charge in [0, 0.05) is 0 Å². The third-order valence-electron chi connectivity index (χ3n) is 4.34. The second kappa shape index (κ2) is 9.93. The average molecular weight is 425 g/mol. The fraction of sp³-hybridized carbons (Fsp3) is 0.174. The number of anilines is 1. The molecule has 0 radical (unpaired) electrons. The second-order valence-electron chi connectivity index (χ2n) is 6.68. The molecule has 0 fully saturated rings. The maximum Gasteiger partial charge on any atom is 0.264 e. The van der Waals surface area contributed by atoms with Crippen LogP contribution in [0.2, 0.25) is 0 Å². The summed E-state index contributed by atoms with van der Waals surface area (Å²) in [5.74, 6) is 0.299. The highest BCUT2D eigenvalue weighted by molar-refractivity contribution is 7.92. The van der Waals surface area contributed by atoms with Gasteiger partial charge in [-0.25, -0.2) is 8.42 Å². The Bertz CT molecular complexity index is 1070. The molecule has 6 nitrogen and oxygen atoms in total. The summed E-state index contributed by atoms with van der Waals surface area (Å²) in [5, 5.41) is 2.72. The second-order valence-corrected chi connectivity index (χ2v) is 8.54. The SMILES string of the molecule is Cc1cccc(N(CC(=O)NCCOc2ccccc2)S(=O)(=O)c2ccccc2)c1. The van der Waals surface area contributed by atoms with Crippen LogP contribution in [0.25, 0.3) is 0 Å². The molecule has 0 spiro atoms. The van der Waals surface area contributed by atoms with Crippen molar-refractivity contribution in [2.45, 2.75) is 11.8 Å². The molecule has 0 aromatic heterocycles. The topological polar surface area (TPSA) is 75.7 Å². The number of aryl methyl sites for hydroxylation is 1. The zero-order valence-corrected chi connectivity index (χ0v) is 17.5. The number of carbonyl (C=O) groups excluding carboxylic acids is 1. The van der Waals surface area contributed by atoms with Crippen molar-refractivity contribution in [2.24, 2.45) is 0 Å². The highest BCUT2D eigenvalue weighted by Gasteiger charge is 2.27. The van der Waals surface area contributed by atoms with Crippen LogP contribution in [-0.2, 0) is 14.8 Å². The summed E-state index contributed by atoms with van der Waals surface area (Å²) < 4.78 is 33.1. The Kier molecular flexibility index (Phi) is 7.08. The first-order valence-electron chi connectivity index (χ1n) is 9.56. The van der Waals surface area contributed by atoms with E-state index in [1.807, 2.05) is 43.3 Å². The van der Waals surface area contributed by atoms with E-state index in [1.165, 1.54) is 12.1 Å². The molecule has 1 amide bonds. The minimum absolute atomic E-state index is 0.131. The molecule has 3 aromatic rings. The molecule has 0 aliphatic rings. The smallest absolute Gasteiger partial charge is 0.264 e. The number of benzene rings is 3. The van der Waals surface area contributed by atoms with E-state index in [0.717, 1.165) is 9.87 Å². The number of nitrogens with zero attached hydrogens (tertiary/aromatic N) is 1. The predicted octanol–water partition coefficient (Wildman–Crippen LogP) is 3.39. The van der Waals surface area contributed by atoms with Crippen LogP contribution >= 0.6 is 0 Å². The lowest BCUT2D eigenvalue weighted by Gasteiger charge is -2.24. The van der Waals surface area contributed by atoms with Crippen LogP contribution in [0.15, 0.2) is 89.8 Å². The van der Waals surface area contributed by atoms with E-state index in [-0.39, 0.29) is 24.6 Å². The van der Waals surface area contributed by atoms with Crippen molar-refractivity contribution in [3.05, 3.63) is 90.5 Å². The van der Waals surface area contributed by atoms with Gasteiger partial charge in [0.05, 0.1) is 17.1 Å². The fourth-order valence-corrected chi connectivity index (χ4v) is 4.31. The molecule has 0 unspecified atom stereocenters. The molecule has 0 atom stereocenters. The van der Waals surface area contributed by atoms with Gasteiger partial charge in [0.2, 0.25) is 5.91 Å². The van der Waals surface area contributed by atoms with Crippen LogP contribution in [-0.4, -0.2) is 34.0 Å². The molecule has 0 aliphatic carbocycles. The third-order valence-corrected chi connectivity index (χ3v) is 6.13. The van der Waals surface area contributed by atoms with E-state index < -0.39 is 15.9 Å². The van der Waals surface area contributed by atoms with Crippen LogP contribution in [0, 0.1) is 6.92 Å². The first-order valence-corrected chi connectivity index (χ1v) is 11.0. The normalized spacial score (nSPS) is 11.0. The number of hydrogen-bond acceptors (Lipinski definition) is 4. The molecule has 3 rings (SSSR count). The van der Waals surface area contributed by atoms with E-state index in [0.29, 0.717) is 11.4 Å². The number of hydrogen-bond donors (Lipinski definition) is 1. The minimum atomic E-state index is -3.90. The average Bonchev–Trinajstić information content (AvgIpc) is 2.76. The standard InChI is InChI=1S/C23H24N2O4S/c1-19-9-8-10-20(17-19)25(30(27,28)22-13-6-3-7-14-22)18-23(26)24-15-16-29-21-11-4-2-5-12-21/h2-14,17H,15-16,18H2,1H3,(H,24,26). The lowest BCUT2D eigenvalue weighted by Crippen LogP contribution is -2.42. The van der Waals surface area contributed by atoms with Crippen LogP contribution in [0.4, 0.5) is 5.69 Å². The van der Waals surface area contributed by atoms with Gasteiger partial charge in [-0.3, -0.25) is 9.10 Å². The van der Waals surface area contributed by atoms with Gasteiger partial charge in [-0.05, 0) is 48.9 Å². The number of rotatable bonds is 9. The molecule has 30 heavy (non-hydrogen) atoms. The summed E-state index contributed by atoms with van der Waals surface area (Å²) >= 11 is 0. The van der Waals surface area contributed by atoms with E-state index >= 15 is 0 Å². The van der Waals surface area contributed by atoms with Gasteiger partial charge in [0.1, 0.15) is 18.9 Å². The predicted molar refractivity (Wildman–Crippen MR) is 117 cm³/mol. The van der Waals surface area contributed by atoms with E-state index in [4.69, 9.17) is 4.74 Å². The monoisotopic (exact) mass is 424 g/mol. The number of sulfonamides is 1. The lowest BCUT2D eigenvalue weighted by atomic mass is 10.2. The van der Waals surface area contributed by atoms with Crippen molar-refractivity contribution in [1.82, 2.24) is 5.32 Å². The third kappa shape index (κ3) is 5.61.